The van der Waals surface area contributed by atoms with Crippen LogP contribution in [0.25, 0.3) is 22.8 Å². The summed E-state index contributed by atoms with van der Waals surface area (Å²) in [5.74, 6) is 1.85. The van der Waals surface area contributed by atoms with Crippen molar-refractivity contribution < 1.29 is 18.4 Å². The number of aryl methyl sites for hydroxylation is 4. The molecule has 16 heteroatoms. The average Bonchev–Trinajstić information content (AvgIpc) is 4.17. The number of aromatic amines is 1. The molecule has 0 aliphatic rings. The zero-order valence-electron chi connectivity index (χ0n) is 34.5. The molecule has 0 spiro atoms. The van der Waals surface area contributed by atoms with Crippen LogP contribution in [0.4, 0.5) is 8.78 Å². The molecule has 8 aromatic rings. The van der Waals surface area contributed by atoms with Crippen molar-refractivity contribution in [2.75, 3.05) is 19.6 Å². The summed E-state index contributed by atoms with van der Waals surface area (Å²) in [6.45, 7) is 10.1. The zero-order valence-corrected chi connectivity index (χ0v) is 36.9. The van der Waals surface area contributed by atoms with E-state index in [0.717, 1.165) is 40.9 Å². The Morgan fingerprint density at radius 3 is 1.60 bits per heavy atom. The lowest BCUT2D eigenvalue weighted by molar-refractivity contribution is 0.0941. The molecule has 6 aromatic heterocycles. The lowest BCUT2D eigenvalue weighted by Crippen LogP contribution is -2.21. The summed E-state index contributed by atoms with van der Waals surface area (Å²) in [7, 11) is 0. The van der Waals surface area contributed by atoms with Crippen LogP contribution < -0.4 is 0 Å². The van der Waals surface area contributed by atoms with E-state index in [4.69, 9.17) is 11.6 Å². The SMILES string of the molecule is CCN(CC)CC.Fc1ccc(CCc2nc(-c3ccncc3)n[nH]2)cc1.O=C(Cl)c1ccsc1.O=C(c1ccsc1)n1nc(-c2ccncc2)nc1CCc1ccc(F)cc1. The molecule has 1 N–H and O–H groups in total. The van der Waals surface area contributed by atoms with Gasteiger partial charge in [0.25, 0.3) is 11.1 Å². The first-order chi connectivity index (χ1) is 30.2. The molecule has 0 unspecified atom stereocenters. The first-order valence-corrected chi connectivity index (χ1v) is 22.1. The third kappa shape index (κ3) is 14.8. The van der Waals surface area contributed by atoms with E-state index >= 15 is 0 Å². The quantitative estimate of drug-likeness (QED) is 0.112. The van der Waals surface area contributed by atoms with Crippen LogP contribution in [-0.2, 0) is 25.7 Å². The maximum Gasteiger partial charge on any atom is 0.280 e. The molecule has 2 aromatic carbocycles. The Labute approximate surface area is 372 Å². The molecule has 0 fully saturated rings. The molecule has 0 bridgehead atoms. The molecule has 0 saturated heterocycles. The van der Waals surface area contributed by atoms with E-state index in [1.165, 1.54) is 71.3 Å². The highest BCUT2D eigenvalue weighted by Crippen LogP contribution is 2.19. The van der Waals surface area contributed by atoms with Gasteiger partial charge < -0.3 is 4.90 Å². The number of nitrogens with one attached hydrogen (secondary N) is 1. The van der Waals surface area contributed by atoms with E-state index in [9.17, 15) is 18.4 Å². The van der Waals surface area contributed by atoms with Gasteiger partial charge >= 0.3 is 0 Å². The summed E-state index contributed by atoms with van der Waals surface area (Å²) < 4.78 is 27.3. The third-order valence-electron chi connectivity index (χ3n) is 9.25. The molecule has 0 aliphatic heterocycles. The Morgan fingerprint density at radius 1 is 0.645 bits per heavy atom. The van der Waals surface area contributed by atoms with Gasteiger partial charge in [0.1, 0.15) is 23.3 Å². The average molecular weight is 895 g/mol. The first kappa shape index (κ1) is 46.9. The number of hydrogen-bond donors (Lipinski definition) is 1. The van der Waals surface area contributed by atoms with E-state index in [0.29, 0.717) is 41.4 Å². The second kappa shape index (κ2) is 25.0. The lowest BCUT2D eigenvalue weighted by atomic mass is 10.1. The molecule has 0 amide bonds. The van der Waals surface area contributed by atoms with Crippen molar-refractivity contribution >= 4 is 45.4 Å². The van der Waals surface area contributed by atoms with Crippen LogP contribution in [0.1, 0.15) is 64.3 Å². The lowest BCUT2D eigenvalue weighted by Gasteiger charge is -2.13. The first-order valence-electron chi connectivity index (χ1n) is 19.8. The summed E-state index contributed by atoms with van der Waals surface area (Å²) in [6, 6.07) is 23.7. The number of carbonyl (C=O) groups excluding carboxylic acids is 2. The second-order valence-electron chi connectivity index (χ2n) is 13.3. The summed E-state index contributed by atoms with van der Waals surface area (Å²) in [6.07, 6.45) is 9.43. The predicted octanol–water partition coefficient (Wildman–Crippen LogP) is 10.3. The molecule has 0 radical (unpaired) electrons. The molecule has 6 heterocycles. The minimum atomic E-state index is -0.383. The maximum atomic E-state index is 13.1. The topological polar surface area (TPSA) is 135 Å². The number of nitrogens with zero attached hydrogens (tertiary/aromatic N) is 8. The summed E-state index contributed by atoms with van der Waals surface area (Å²) in [4.78, 5) is 42.5. The van der Waals surface area contributed by atoms with E-state index in [1.807, 2.05) is 22.9 Å². The van der Waals surface area contributed by atoms with E-state index in [-0.39, 0.29) is 22.8 Å². The highest BCUT2D eigenvalue weighted by Gasteiger charge is 2.19. The number of hydrogen-bond acceptors (Lipinski definition) is 11. The van der Waals surface area contributed by atoms with Gasteiger partial charge in [0.2, 0.25) is 0 Å². The fourth-order valence-corrected chi connectivity index (χ4v) is 7.15. The highest BCUT2D eigenvalue weighted by molar-refractivity contribution is 7.08. The van der Waals surface area contributed by atoms with Crippen LogP contribution in [0.5, 0.6) is 0 Å². The van der Waals surface area contributed by atoms with Crippen LogP contribution in [0.15, 0.2) is 131 Å². The number of carbonyl (C=O) groups is 2. The normalized spacial score (nSPS) is 10.5. The molecule has 62 heavy (non-hydrogen) atoms. The molecular formula is C46H46ClF2N9O2S2. The Balaban J connectivity index is 0.000000180. The van der Waals surface area contributed by atoms with Crippen molar-refractivity contribution in [3.63, 3.8) is 0 Å². The minimum absolute atomic E-state index is 0.210. The molecule has 0 saturated carbocycles. The van der Waals surface area contributed by atoms with Crippen molar-refractivity contribution in [3.8, 4) is 22.8 Å². The minimum Gasteiger partial charge on any atom is -0.304 e. The molecular weight excluding hydrogens is 848 g/mol. The monoisotopic (exact) mass is 893 g/mol. The number of pyridine rings is 2. The Kier molecular flexibility index (Phi) is 18.9. The summed E-state index contributed by atoms with van der Waals surface area (Å²) in [5, 5.41) is 18.3. The van der Waals surface area contributed by atoms with Crippen molar-refractivity contribution in [1.82, 2.24) is 44.8 Å². The van der Waals surface area contributed by atoms with Gasteiger partial charge in [-0.2, -0.15) is 32.5 Å². The molecule has 0 aliphatic carbocycles. The van der Waals surface area contributed by atoms with Crippen LogP contribution in [-0.4, -0.2) is 75.6 Å². The van der Waals surface area contributed by atoms with Gasteiger partial charge in [-0.05, 0) is 127 Å². The fourth-order valence-electron chi connectivity index (χ4n) is 5.71. The standard InChI is InChI=1S/C20H15FN4OS.C15H13FN4.C6H15N.C5H3ClOS/c21-17-4-1-14(2-5-17)3-6-18-23-19(15-7-10-22-11-8-15)24-25(18)20(26)16-9-12-27-13-16;16-13-4-1-11(2-5-13)3-6-14-18-15(20-19-14)12-7-9-17-10-8-12;1-4-7(5-2)6-3;6-5(7)4-1-2-8-3-4/h1-2,4-5,7-13H,3,6H2;1-2,4-5,7-10H,3,6H2,(H,18,19,20);4-6H2,1-3H3;1-3H. The summed E-state index contributed by atoms with van der Waals surface area (Å²) in [5.41, 5.74) is 4.94. The Morgan fingerprint density at radius 2 is 1.15 bits per heavy atom. The number of rotatable bonds is 13. The Bertz CT molecular complexity index is 2490. The van der Waals surface area contributed by atoms with Gasteiger partial charge in [0.05, 0.1) is 5.56 Å². The van der Waals surface area contributed by atoms with Crippen LogP contribution in [0, 0.1) is 11.6 Å². The number of thiophene rings is 2. The molecule has 8 rings (SSSR count). The van der Waals surface area contributed by atoms with Crippen molar-refractivity contribution in [3.05, 3.63) is 177 Å². The van der Waals surface area contributed by atoms with Crippen molar-refractivity contribution in [1.29, 1.82) is 0 Å². The summed E-state index contributed by atoms with van der Waals surface area (Å²) >= 11 is 8.03. The van der Waals surface area contributed by atoms with Gasteiger partial charge in [-0.15, -0.1) is 5.10 Å². The van der Waals surface area contributed by atoms with Gasteiger partial charge in [-0.3, -0.25) is 24.7 Å². The number of halogens is 3. The fraction of sp³-hybridized carbons (Fsp3) is 0.217. The van der Waals surface area contributed by atoms with E-state index in [1.54, 1.807) is 84.1 Å². The van der Waals surface area contributed by atoms with Crippen LogP contribution in [0.3, 0.4) is 0 Å². The Hall–Kier alpha value is -6.13. The molecule has 0 atom stereocenters. The van der Waals surface area contributed by atoms with E-state index < -0.39 is 0 Å². The molecule has 11 nitrogen and oxygen atoms in total. The predicted molar refractivity (Wildman–Crippen MR) is 242 cm³/mol. The van der Waals surface area contributed by atoms with Crippen LogP contribution >= 0.6 is 34.3 Å². The number of benzene rings is 2. The number of H-pyrrole nitrogens is 1. The smallest absolute Gasteiger partial charge is 0.280 e. The zero-order chi connectivity index (χ0) is 44.1. The molecule has 320 valence electrons. The third-order valence-corrected chi connectivity index (χ3v) is 10.8. The van der Waals surface area contributed by atoms with Gasteiger partial charge in [-0.1, -0.05) is 45.0 Å². The van der Waals surface area contributed by atoms with Gasteiger partial charge in [0.15, 0.2) is 11.6 Å². The van der Waals surface area contributed by atoms with E-state index in [2.05, 4.69) is 60.9 Å². The largest absolute Gasteiger partial charge is 0.304 e. The van der Waals surface area contributed by atoms with Crippen molar-refractivity contribution in [2.24, 2.45) is 0 Å². The number of aromatic nitrogens is 8. The van der Waals surface area contributed by atoms with Crippen molar-refractivity contribution in [2.45, 2.75) is 46.5 Å². The second-order valence-corrected chi connectivity index (χ2v) is 15.2. The van der Waals surface area contributed by atoms with Crippen LogP contribution in [0.2, 0.25) is 0 Å². The highest BCUT2D eigenvalue weighted by atomic mass is 35.5. The van der Waals surface area contributed by atoms with Gasteiger partial charge in [0, 0.05) is 65.1 Å². The van der Waals surface area contributed by atoms with Gasteiger partial charge in [-0.25, -0.2) is 18.7 Å². The maximum absolute atomic E-state index is 13.1.